The number of pyridine rings is 1. The Hall–Kier alpha value is -1.83. The van der Waals surface area contributed by atoms with E-state index in [2.05, 4.69) is 50.0 Å². The first-order chi connectivity index (χ1) is 9.36. The molecule has 0 spiro atoms. The Kier molecular flexibility index (Phi) is 4.12. The van der Waals surface area contributed by atoms with E-state index in [1.54, 1.807) is 6.20 Å². The van der Waals surface area contributed by atoms with Gasteiger partial charge in [-0.3, -0.25) is 4.98 Å². The SMILES string of the molecule is CC(C)Oc1ccc(-c2ccc(C(C)(C)C)cc2)nc1. The summed E-state index contributed by atoms with van der Waals surface area (Å²) in [7, 11) is 0. The van der Waals surface area contributed by atoms with Gasteiger partial charge >= 0.3 is 0 Å². The van der Waals surface area contributed by atoms with E-state index in [1.165, 1.54) is 5.56 Å². The van der Waals surface area contributed by atoms with Gasteiger partial charge in [-0.15, -0.1) is 0 Å². The largest absolute Gasteiger partial charge is 0.489 e. The van der Waals surface area contributed by atoms with Crippen molar-refractivity contribution in [1.82, 2.24) is 4.98 Å². The Balaban J connectivity index is 2.19. The monoisotopic (exact) mass is 269 g/mol. The Morgan fingerprint density at radius 3 is 2.05 bits per heavy atom. The van der Waals surface area contributed by atoms with Gasteiger partial charge in [-0.1, -0.05) is 45.0 Å². The van der Waals surface area contributed by atoms with Gasteiger partial charge in [-0.25, -0.2) is 0 Å². The van der Waals surface area contributed by atoms with E-state index >= 15 is 0 Å². The summed E-state index contributed by atoms with van der Waals surface area (Å²) in [5.74, 6) is 0.815. The predicted octanol–water partition coefficient (Wildman–Crippen LogP) is 4.83. The van der Waals surface area contributed by atoms with Crippen molar-refractivity contribution in [2.45, 2.75) is 46.1 Å². The van der Waals surface area contributed by atoms with Crippen molar-refractivity contribution in [3.8, 4) is 17.0 Å². The number of rotatable bonds is 3. The Labute approximate surface area is 121 Å². The van der Waals surface area contributed by atoms with Gasteiger partial charge in [0.2, 0.25) is 0 Å². The summed E-state index contributed by atoms with van der Waals surface area (Å²) in [5.41, 5.74) is 3.62. The van der Waals surface area contributed by atoms with Crippen LogP contribution in [0.3, 0.4) is 0 Å². The molecule has 0 aliphatic rings. The summed E-state index contributed by atoms with van der Waals surface area (Å²) in [6.07, 6.45) is 1.96. The molecule has 1 heterocycles. The van der Waals surface area contributed by atoms with E-state index in [-0.39, 0.29) is 11.5 Å². The van der Waals surface area contributed by atoms with Crippen molar-refractivity contribution >= 4 is 0 Å². The molecule has 2 rings (SSSR count). The Morgan fingerprint density at radius 2 is 1.60 bits per heavy atom. The summed E-state index contributed by atoms with van der Waals surface area (Å²) < 4.78 is 5.61. The van der Waals surface area contributed by atoms with Gasteiger partial charge in [0.1, 0.15) is 5.75 Å². The quantitative estimate of drug-likeness (QED) is 0.796. The van der Waals surface area contributed by atoms with Gasteiger partial charge in [0.25, 0.3) is 0 Å². The molecular formula is C18H23NO. The minimum atomic E-state index is 0.175. The third-order valence-corrected chi connectivity index (χ3v) is 3.15. The fraction of sp³-hybridized carbons (Fsp3) is 0.389. The normalized spacial score (nSPS) is 11.7. The molecule has 106 valence electrons. The second-order valence-corrected chi connectivity index (χ2v) is 6.37. The molecule has 2 nitrogen and oxygen atoms in total. The molecule has 0 bridgehead atoms. The van der Waals surface area contributed by atoms with Gasteiger partial charge < -0.3 is 4.74 Å². The lowest BCUT2D eigenvalue weighted by Crippen LogP contribution is -2.10. The number of hydrogen-bond acceptors (Lipinski definition) is 2. The van der Waals surface area contributed by atoms with E-state index in [1.807, 2.05) is 26.0 Å². The van der Waals surface area contributed by atoms with Gasteiger partial charge in [-0.05, 0) is 37.0 Å². The van der Waals surface area contributed by atoms with Crippen LogP contribution in [0.1, 0.15) is 40.2 Å². The molecule has 0 aliphatic carbocycles. The van der Waals surface area contributed by atoms with Crippen molar-refractivity contribution in [2.24, 2.45) is 0 Å². The molecule has 0 fully saturated rings. The first-order valence-electron chi connectivity index (χ1n) is 7.10. The second kappa shape index (κ2) is 5.66. The smallest absolute Gasteiger partial charge is 0.138 e. The number of ether oxygens (including phenoxy) is 1. The summed E-state index contributed by atoms with van der Waals surface area (Å²) in [5, 5.41) is 0. The summed E-state index contributed by atoms with van der Waals surface area (Å²) in [6.45, 7) is 10.7. The van der Waals surface area contributed by atoms with Crippen LogP contribution in [-0.2, 0) is 5.41 Å². The third-order valence-electron chi connectivity index (χ3n) is 3.15. The molecule has 0 amide bonds. The molecular weight excluding hydrogens is 246 g/mol. The summed E-state index contributed by atoms with van der Waals surface area (Å²) in [6, 6.07) is 12.6. The number of hydrogen-bond donors (Lipinski definition) is 0. The van der Waals surface area contributed by atoms with Gasteiger partial charge in [0, 0.05) is 5.56 Å². The van der Waals surface area contributed by atoms with Gasteiger partial charge in [-0.2, -0.15) is 0 Å². The van der Waals surface area contributed by atoms with Gasteiger partial charge in [0.05, 0.1) is 18.0 Å². The maximum Gasteiger partial charge on any atom is 0.138 e. The van der Waals surface area contributed by atoms with Crippen LogP contribution in [0.5, 0.6) is 5.75 Å². The lowest BCUT2D eigenvalue weighted by Gasteiger charge is -2.19. The van der Waals surface area contributed by atoms with Crippen LogP contribution in [0, 0.1) is 0 Å². The van der Waals surface area contributed by atoms with E-state index in [4.69, 9.17) is 4.74 Å². The molecule has 0 aliphatic heterocycles. The molecule has 0 unspecified atom stereocenters. The highest BCUT2D eigenvalue weighted by Crippen LogP contribution is 2.26. The first kappa shape index (κ1) is 14.6. The Morgan fingerprint density at radius 1 is 0.950 bits per heavy atom. The zero-order valence-corrected chi connectivity index (χ0v) is 13.0. The number of nitrogens with zero attached hydrogens (tertiary/aromatic N) is 1. The molecule has 1 aromatic carbocycles. The zero-order valence-electron chi connectivity index (χ0n) is 13.0. The van der Waals surface area contributed by atoms with Crippen LogP contribution < -0.4 is 4.74 Å². The molecule has 2 aromatic rings. The highest BCUT2D eigenvalue weighted by molar-refractivity contribution is 5.60. The van der Waals surface area contributed by atoms with Crippen LogP contribution in [0.25, 0.3) is 11.3 Å². The molecule has 20 heavy (non-hydrogen) atoms. The van der Waals surface area contributed by atoms with Crippen LogP contribution in [0.15, 0.2) is 42.6 Å². The fourth-order valence-electron chi connectivity index (χ4n) is 2.03. The molecule has 0 saturated heterocycles. The van der Waals surface area contributed by atoms with E-state index in [9.17, 15) is 0 Å². The predicted molar refractivity (Wildman–Crippen MR) is 84.1 cm³/mol. The molecule has 0 saturated carbocycles. The molecule has 2 heteroatoms. The third kappa shape index (κ3) is 3.60. The van der Waals surface area contributed by atoms with Crippen molar-refractivity contribution in [3.05, 3.63) is 48.2 Å². The Bertz CT molecular complexity index is 547. The lowest BCUT2D eigenvalue weighted by molar-refractivity contribution is 0.241. The fourth-order valence-corrected chi connectivity index (χ4v) is 2.03. The number of benzene rings is 1. The summed E-state index contributed by atoms with van der Waals surface area (Å²) >= 11 is 0. The van der Waals surface area contributed by atoms with Crippen molar-refractivity contribution < 1.29 is 4.74 Å². The van der Waals surface area contributed by atoms with E-state index in [0.717, 1.165) is 17.0 Å². The van der Waals surface area contributed by atoms with Gasteiger partial charge in [0.15, 0.2) is 0 Å². The standard InChI is InChI=1S/C18H23NO/c1-13(2)20-16-10-11-17(19-12-16)14-6-8-15(9-7-14)18(3,4)5/h6-13H,1-5H3. The average molecular weight is 269 g/mol. The topological polar surface area (TPSA) is 22.1 Å². The van der Waals surface area contributed by atoms with Crippen molar-refractivity contribution in [2.75, 3.05) is 0 Å². The van der Waals surface area contributed by atoms with E-state index in [0.29, 0.717) is 0 Å². The molecule has 0 radical (unpaired) electrons. The van der Waals surface area contributed by atoms with Crippen LogP contribution >= 0.6 is 0 Å². The molecule has 0 atom stereocenters. The van der Waals surface area contributed by atoms with Crippen LogP contribution in [0.4, 0.5) is 0 Å². The number of aromatic nitrogens is 1. The maximum absolute atomic E-state index is 5.61. The average Bonchev–Trinajstić information content (AvgIpc) is 2.38. The minimum Gasteiger partial charge on any atom is -0.489 e. The first-order valence-corrected chi connectivity index (χ1v) is 7.10. The second-order valence-electron chi connectivity index (χ2n) is 6.37. The van der Waals surface area contributed by atoms with Crippen LogP contribution in [0.2, 0.25) is 0 Å². The van der Waals surface area contributed by atoms with Crippen molar-refractivity contribution in [1.29, 1.82) is 0 Å². The highest BCUT2D eigenvalue weighted by Gasteiger charge is 2.13. The van der Waals surface area contributed by atoms with Crippen molar-refractivity contribution in [3.63, 3.8) is 0 Å². The maximum atomic E-state index is 5.61. The minimum absolute atomic E-state index is 0.175. The lowest BCUT2D eigenvalue weighted by atomic mass is 9.86. The van der Waals surface area contributed by atoms with E-state index < -0.39 is 0 Å². The summed E-state index contributed by atoms with van der Waals surface area (Å²) in [4.78, 5) is 4.47. The highest BCUT2D eigenvalue weighted by atomic mass is 16.5. The zero-order chi connectivity index (χ0) is 14.8. The van der Waals surface area contributed by atoms with Crippen LogP contribution in [-0.4, -0.2) is 11.1 Å². The molecule has 1 aromatic heterocycles. The molecule has 0 N–H and O–H groups in total.